The van der Waals surface area contributed by atoms with E-state index in [0.717, 1.165) is 0 Å². The molecular formula is C45H50SiTi. The summed E-state index contributed by atoms with van der Waals surface area (Å²) in [5.74, 6) is 0. The van der Waals surface area contributed by atoms with Gasteiger partial charge in [0.2, 0.25) is 0 Å². The summed E-state index contributed by atoms with van der Waals surface area (Å²) >= 11 is -5.72. The summed E-state index contributed by atoms with van der Waals surface area (Å²) in [4.78, 5) is 0. The van der Waals surface area contributed by atoms with Crippen LogP contribution in [0.1, 0.15) is 77.2 Å². The Hall–Kier alpha value is -3.49. The van der Waals surface area contributed by atoms with Crippen molar-refractivity contribution in [3.05, 3.63) is 167 Å². The summed E-state index contributed by atoms with van der Waals surface area (Å²) in [6, 6.07) is 51.9. The van der Waals surface area contributed by atoms with E-state index in [4.69, 9.17) is 0 Å². The Morgan fingerprint density at radius 1 is 0.596 bits per heavy atom. The molecule has 2 unspecified atom stereocenters. The van der Waals surface area contributed by atoms with Gasteiger partial charge in [-0.05, 0) is 0 Å². The topological polar surface area (TPSA) is 0 Å². The Labute approximate surface area is 280 Å². The van der Waals surface area contributed by atoms with E-state index >= 15 is 0 Å². The van der Waals surface area contributed by atoms with Crippen molar-refractivity contribution in [2.75, 3.05) is 0 Å². The van der Waals surface area contributed by atoms with E-state index in [-0.39, 0.29) is 8.45 Å². The van der Waals surface area contributed by atoms with Crippen LogP contribution in [0.25, 0.3) is 23.3 Å². The molecule has 0 spiro atoms. The zero-order chi connectivity index (χ0) is 32.6. The van der Waals surface area contributed by atoms with E-state index in [1.165, 1.54) is 74.1 Å². The van der Waals surface area contributed by atoms with Crippen LogP contribution in [0.15, 0.2) is 145 Å². The van der Waals surface area contributed by atoms with Crippen molar-refractivity contribution in [3.8, 4) is 11.1 Å². The Morgan fingerprint density at radius 3 is 1.72 bits per heavy atom. The zero-order valence-electron chi connectivity index (χ0n) is 28.5. The summed E-state index contributed by atoms with van der Waals surface area (Å²) < 4.78 is 6.18. The molecule has 0 bridgehead atoms. The maximum atomic E-state index is 2.72. The van der Waals surface area contributed by atoms with Crippen LogP contribution in [0.5, 0.6) is 0 Å². The monoisotopic (exact) mass is 666 g/mol. The summed E-state index contributed by atoms with van der Waals surface area (Å²) in [7, 11) is 2.59. The van der Waals surface area contributed by atoms with Gasteiger partial charge in [-0.3, -0.25) is 0 Å². The minimum absolute atomic E-state index is 0.243. The van der Waals surface area contributed by atoms with Crippen molar-refractivity contribution in [1.82, 2.24) is 0 Å². The first-order valence-corrected chi connectivity index (χ1v) is 27.6. The number of hydrogen-bond donors (Lipinski definition) is 0. The molecule has 5 aromatic rings. The number of fused-ring (bicyclic) bond motifs is 2. The number of allylic oxidation sites excluding steroid dienone is 2. The molecule has 0 heterocycles. The van der Waals surface area contributed by atoms with Crippen LogP contribution in [0.3, 0.4) is 0 Å². The van der Waals surface area contributed by atoms with Gasteiger partial charge < -0.3 is 0 Å². The normalized spacial score (nSPS) is 19.1. The van der Waals surface area contributed by atoms with Crippen LogP contribution < -0.4 is 7.74 Å². The number of benzene rings is 5. The first-order valence-electron chi connectivity index (χ1n) is 18.0. The van der Waals surface area contributed by atoms with Crippen molar-refractivity contribution in [3.63, 3.8) is 0 Å². The standard InChI is InChI=1S/C15H11.C10H9.2C6H5.2C4H9.H2Si.Ti/c1-2-6-12(7-3-1)14-10-4-8-13-9-5-11-15(13)14;1-8-6-9-4-2-3-5-10(9)7-8;2*1-2-4-6-5-3-1;2*1-3-4-2;;/h1-11H;2-7H,1H3;2*1-5H;2*1,3-4H2,2H3;1H2;. The van der Waals surface area contributed by atoms with Gasteiger partial charge in [0.15, 0.2) is 0 Å². The molecule has 47 heavy (non-hydrogen) atoms. The van der Waals surface area contributed by atoms with Crippen LogP contribution in [-0.4, -0.2) is 7.63 Å². The molecule has 0 saturated carbocycles. The number of rotatable bonds is 11. The molecule has 2 aliphatic carbocycles. The third kappa shape index (κ3) is 3.86. The third-order valence-electron chi connectivity index (χ3n) is 14.0. The van der Waals surface area contributed by atoms with Crippen LogP contribution >= 0.6 is 0 Å². The van der Waals surface area contributed by atoms with Crippen LogP contribution in [-0.2, 0) is 11.5 Å². The summed E-state index contributed by atoms with van der Waals surface area (Å²) in [6.45, 7) is 7.30. The van der Waals surface area contributed by atoms with E-state index in [1.54, 1.807) is 7.74 Å². The Balaban J connectivity index is 1.79. The van der Waals surface area contributed by atoms with Gasteiger partial charge in [-0.1, -0.05) is 0 Å². The first-order chi connectivity index (χ1) is 22.8. The molecule has 0 amide bonds. The van der Waals surface area contributed by atoms with Gasteiger partial charge in [0.25, 0.3) is 0 Å². The van der Waals surface area contributed by atoms with Crippen LogP contribution in [0.4, 0.5) is 0 Å². The van der Waals surface area contributed by atoms with Crippen LogP contribution in [0.2, 0.25) is 9.45 Å². The average Bonchev–Trinajstić information content (AvgIpc) is 3.74. The number of unbranched alkanes of at least 4 members (excludes halogenated alkanes) is 2. The molecule has 0 N–H and O–H groups in total. The van der Waals surface area contributed by atoms with E-state index in [1.807, 2.05) is 0 Å². The fraction of sp³-hybridized carbons (Fsp3) is 0.244. The Morgan fingerprint density at radius 2 is 1.13 bits per heavy atom. The molecule has 0 fully saturated rings. The summed E-state index contributed by atoms with van der Waals surface area (Å²) in [6.07, 6.45) is 12.5. The van der Waals surface area contributed by atoms with Gasteiger partial charge in [0.1, 0.15) is 0 Å². The van der Waals surface area contributed by atoms with Crippen molar-refractivity contribution in [2.45, 2.75) is 64.4 Å². The van der Waals surface area contributed by atoms with E-state index in [0.29, 0.717) is 0 Å². The van der Waals surface area contributed by atoms with Gasteiger partial charge in [-0.15, -0.1) is 0 Å². The van der Waals surface area contributed by atoms with E-state index in [9.17, 15) is 0 Å². The quantitative estimate of drug-likeness (QED) is 0.123. The molecule has 0 radical (unpaired) electrons. The molecule has 0 saturated heterocycles. The maximum absolute atomic E-state index is 5.72. The fourth-order valence-corrected chi connectivity index (χ4v) is 45.1. The minimum atomic E-state index is -5.72. The Kier molecular flexibility index (Phi) is 7.52. The molecule has 7 rings (SSSR count). The molecule has 0 aliphatic heterocycles. The molecule has 5 aromatic carbocycles. The molecule has 2 heteroatoms. The molecule has 238 valence electrons. The van der Waals surface area contributed by atoms with Crippen molar-refractivity contribution in [2.24, 2.45) is 0 Å². The van der Waals surface area contributed by atoms with Crippen molar-refractivity contribution in [1.29, 1.82) is 0 Å². The molecule has 0 aromatic heterocycles. The predicted molar refractivity (Wildman–Crippen MR) is 207 cm³/mol. The first kappa shape index (κ1) is 32.1. The fourth-order valence-electron chi connectivity index (χ4n) is 12.1. The summed E-state index contributed by atoms with van der Waals surface area (Å²) in [5, 5.41) is 0. The predicted octanol–water partition coefficient (Wildman–Crippen LogP) is 11.0. The molecule has 2 atom stereocenters. The molecular weight excluding hydrogens is 616 g/mol. The van der Waals surface area contributed by atoms with E-state index in [2.05, 4.69) is 180 Å². The average molecular weight is 667 g/mol. The molecule has 0 nitrogen and oxygen atoms in total. The van der Waals surface area contributed by atoms with Gasteiger partial charge in [-0.25, -0.2) is 0 Å². The van der Waals surface area contributed by atoms with Crippen LogP contribution in [0, 0.1) is 0 Å². The SMILES string of the molecule is CCC[CH2][Ti](=[SiH2])([CH2]CCC)([c]1ccccc1)([c]1ccccc1)([CH]1C=Cc2c(-c3ccccc3)cccc21)[CH]1C(C)=Cc2ccccc21. The summed E-state index contributed by atoms with van der Waals surface area (Å²) in [5.41, 5.74) is 10.1. The third-order valence-corrected chi connectivity index (χ3v) is 47.2. The van der Waals surface area contributed by atoms with Crippen molar-refractivity contribution < 1.29 is 11.5 Å². The van der Waals surface area contributed by atoms with Gasteiger partial charge in [-0.2, -0.15) is 0 Å². The zero-order valence-corrected chi connectivity index (χ0v) is 31.5. The second-order valence-corrected chi connectivity index (χ2v) is 43.6. The van der Waals surface area contributed by atoms with Crippen molar-refractivity contribution >= 4 is 27.5 Å². The Bertz CT molecular complexity index is 2070. The second-order valence-electron chi connectivity index (χ2n) is 15.8. The molecule has 2 aliphatic rings. The number of hydrogen-bond acceptors (Lipinski definition) is 0. The van der Waals surface area contributed by atoms with Gasteiger partial charge in [0, 0.05) is 0 Å². The van der Waals surface area contributed by atoms with Gasteiger partial charge in [0.05, 0.1) is 0 Å². The van der Waals surface area contributed by atoms with Gasteiger partial charge >= 0.3 is 282 Å². The van der Waals surface area contributed by atoms with E-state index < -0.39 is 11.5 Å². The second kappa shape index (κ2) is 11.0.